The van der Waals surface area contributed by atoms with Crippen LogP contribution in [0.4, 0.5) is 0 Å². The van der Waals surface area contributed by atoms with E-state index in [9.17, 15) is 9.59 Å². The maximum absolute atomic E-state index is 12.4. The number of nitrogens with zero attached hydrogens (tertiary/aromatic N) is 3. The lowest BCUT2D eigenvalue weighted by Crippen LogP contribution is -2.45. The van der Waals surface area contributed by atoms with Crippen LogP contribution in [0.5, 0.6) is 5.75 Å². The first-order valence-electron chi connectivity index (χ1n) is 8.39. The molecule has 2 atom stereocenters. The average molecular weight is 471 g/mol. The van der Waals surface area contributed by atoms with Crippen molar-refractivity contribution >= 4 is 39.3 Å². The van der Waals surface area contributed by atoms with Crippen molar-refractivity contribution < 1.29 is 19.1 Å². The molecule has 0 radical (unpaired) electrons. The first kappa shape index (κ1) is 22.1. The molecule has 0 N–H and O–H groups in total. The molecular formula is C19H21BrClN3O4. The van der Waals surface area contributed by atoms with Crippen molar-refractivity contribution in [1.29, 1.82) is 0 Å². The number of ether oxygens (including phenoxy) is 2. The lowest BCUT2D eigenvalue weighted by molar-refractivity contribution is -0.171. The van der Waals surface area contributed by atoms with Gasteiger partial charge in [-0.3, -0.25) is 4.79 Å². The van der Waals surface area contributed by atoms with Gasteiger partial charge in [-0.1, -0.05) is 48.0 Å². The standard InChI is InChI=1S/C19H21BrClN3O4/c1-12(2)15(25)18(26)28-16(19(3,4)9-20)17(24-11-22-10-23-24)27-14-7-5-13(21)6-8-14/h5-8,10-11,16-17H,1,9H2,2-4H3. The minimum absolute atomic E-state index is 0.0938. The maximum Gasteiger partial charge on any atom is 0.379 e. The van der Waals surface area contributed by atoms with E-state index in [1.54, 1.807) is 24.3 Å². The zero-order valence-corrected chi connectivity index (χ0v) is 18.1. The number of carbonyl (C=O) groups excluding carboxylic acids is 2. The molecule has 0 aliphatic rings. The van der Waals surface area contributed by atoms with Gasteiger partial charge in [0.2, 0.25) is 6.23 Å². The third-order valence-electron chi connectivity index (χ3n) is 3.95. The molecule has 0 aliphatic heterocycles. The molecule has 150 valence electrons. The van der Waals surface area contributed by atoms with E-state index in [1.165, 1.54) is 24.3 Å². The summed E-state index contributed by atoms with van der Waals surface area (Å²) in [6.45, 7) is 8.71. The average Bonchev–Trinajstić information content (AvgIpc) is 3.19. The predicted octanol–water partition coefficient (Wildman–Crippen LogP) is 3.99. The molecule has 0 spiro atoms. The zero-order valence-electron chi connectivity index (χ0n) is 15.8. The monoisotopic (exact) mass is 469 g/mol. The van der Waals surface area contributed by atoms with Crippen LogP contribution in [0.3, 0.4) is 0 Å². The Labute approximate surface area is 176 Å². The van der Waals surface area contributed by atoms with E-state index in [4.69, 9.17) is 21.1 Å². The molecule has 0 bridgehead atoms. The summed E-state index contributed by atoms with van der Waals surface area (Å²) < 4.78 is 13.1. The van der Waals surface area contributed by atoms with Gasteiger partial charge in [0.1, 0.15) is 18.4 Å². The van der Waals surface area contributed by atoms with Crippen LogP contribution in [0.1, 0.15) is 27.0 Å². The highest BCUT2D eigenvalue weighted by molar-refractivity contribution is 9.09. The number of aromatic nitrogens is 3. The predicted molar refractivity (Wildman–Crippen MR) is 108 cm³/mol. The minimum Gasteiger partial charge on any atom is -0.465 e. The molecule has 2 aromatic rings. The number of ketones is 1. The summed E-state index contributed by atoms with van der Waals surface area (Å²) in [4.78, 5) is 28.3. The van der Waals surface area contributed by atoms with Gasteiger partial charge in [-0.05, 0) is 36.8 Å². The SMILES string of the molecule is C=C(C)C(=O)C(=O)OC(C(Oc1ccc(Cl)cc1)n1cncn1)C(C)(C)CBr. The molecule has 28 heavy (non-hydrogen) atoms. The quantitative estimate of drug-likeness (QED) is 0.238. The fourth-order valence-corrected chi connectivity index (χ4v) is 2.72. The van der Waals surface area contributed by atoms with Crippen molar-refractivity contribution in [2.24, 2.45) is 5.41 Å². The highest BCUT2D eigenvalue weighted by atomic mass is 79.9. The van der Waals surface area contributed by atoms with Crippen LogP contribution in [0.15, 0.2) is 49.1 Å². The number of Topliss-reactive ketones (excluding diaryl/α,β-unsaturated/α-hetero) is 1. The Kier molecular flexibility index (Phi) is 7.37. The van der Waals surface area contributed by atoms with E-state index in [0.29, 0.717) is 16.1 Å². The number of carbonyl (C=O) groups is 2. The van der Waals surface area contributed by atoms with Crippen LogP contribution in [0.2, 0.25) is 5.02 Å². The minimum atomic E-state index is -1.00. The van der Waals surface area contributed by atoms with Crippen molar-refractivity contribution in [3.63, 3.8) is 0 Å². The normalized spacial score (nSPS) is 13.5. The Hall–Kier alpha value is -2.19. The summed E-state index contributed by atoms with van der Waals surface area (Å²) >= 11 is 9.38. The van der Waals surface area contributed by atoms with E-state index >= 15 is 0 Å². The van der Waals surface area contributed by atoms with E-state index in [-0.39, 0.29) is 5.57 Å². The summed E-state index contributed by atoms with van der Waals surface area (Å²) in [7, 11) is 0. The topological polar surface area (TPSA) is 83.3 Å². The van der Waals surface area contributed by atoms with Crippen molar-refractivity contribution in [3.05, 3.63) is 54.1 Å². The zero-order chi connectivity index (χ0) is 20.9. The van der Waals surface area contributed by atoms with Gasteiger partial charge >= 0.3 is 5.97 Å². The number of benzene rings is 1. The third-order valence-corrected chi connectivity index (χ3v) is 5.65. The smallest absolute Gasteiger partial charge is 0.379 e. The van der Waals surface area contributed by atoms with Crippen molar-refractivity contribution in [1.82, 2.24) is 14.8 Å². The van der Waals surface area contributed by atoms with Crippen molar-refractivity contribution in [3.8, 4) is 5.75 Å². The number of alkyl halides is 1. The molecule has 2 unspecified atom stereocenters. The first-order valence-corrected chi connectivity index (χ1v) is 9.89. The summed E-state index contributed by atoms with van der Waals surface area (Å²) in [6.07, 6.45) is 1.04. The van der Waals surface area contributed by atoms with Crippen molar-refractivity contribution in [2.75, 3.05) is 5.33 Å². The van der Waals surface area contributed by atoms with E-state index < -0.39 is 29.5 Å². The Balaban J connectivity index is 2.43. The molecule has 0 saturated heterocycles. The number of esters is 1. The largest absolute Gasteiger partial charge is 0.465 e. The Bertz CT molecular complexity index is 837. The number of rotatable bonds is 9. The Morgan fingerprint density at radius 3 is 2.46 bits per heavy atom. The molecule has 0 saturated carbocycles. The highest BCUT2D eigenvalue weighted by Crippen LogP contribution is 2.35. The summed E-state index contributed by atoms with van der Waals surface area (Å²) in [5.74, 6) is -1.31. The molecule has 9 heteroatoms. The van der Waals surface area contributed by atoms with Gasteiger partial charge < -0.3 is 9.47 Å². The number of halogens is 2. The maximum atomic E-state index is 12.4. The molecule has 7 nitrogen and oxygen atoms in total. The van der Waals surface area contributed by atoms with Crippen molar-refractivity contribution in [2.45, 2.75) is 33.1 Å². The van der Waals surface area contributed by atoms with Crippen LogP contribution < -0.4 is 4.74 Å². The molecule has 0 amide bonds. The van der Waals surface area contributed by atoms with Gasteiger partial charge in [0.15, 0.2) is 6.10 Å². The third kappa shape index (κ3) is 5.42. The lowest BCUT2D eigenvalue weighted by atomic mass is 9.87. The lowest BCUT2D eigenvalue weighted by Gasteiger charge is -2.37. The van der Waals surface area contributed by atoms with E-state index in [1.807, 2.05) is 13.8 Å². The molecule has 1 aromatic heterocycles. The molecule has 0 fully saturated rings. The molecule has 0 aliphatic carbocycles. The summed E-state index contributed by atoms with van der Waals surface area (Å²) in [5.41, 5.74) is -0.523. The highest BCUT2D eigenvalue weighted by Gasteiger charge is 2.42. The van der Waals surface area contributed by atoms with E-state index in [0.717, 1.165) is 0 Å². The molecule has 2 rings (SSSR count). The van der Waals surface area contributed by atoms with Crippen LogP contribution >= 0.6 is 27.5 Å². The number of hydrogen-bond donors (Lipinski definition) is 0. The van der Waals surface area contributed by atoms with Gasteiger partial charge in [-0.25, -0.2) is 14.5 Å². The Morgan fingerprint density at radius 1 is 1.32 bits per heavy atom. The second-order valence-electron chi connectivity index (χ2n) is 6.90. The van der Waals surface area contributed by atoms with Gasteiger partial charge in [-0.2, -0.15) is 5.10 Å². The number of hydrogen-bond acceptors (Lipinski definition) is 6. The summed E-state index contributed by atoms with van der Waals surface area (Å²) in [6, 6.07) is 6.73. The molecule has 1 heterocycles. The molecule has 1 aromatic carbocycles. The first-order chi connectivity index (χ1) is 13.2. The van der Waals surface area contributed by atoms with Gasteiger partial charge in [0.05, 0.1) is 0 Å². The van der Waals surface area contributed by atoms with Crippen LogP contribution in [0.25, 0.3) is 0 Å². The van der Waals surface area contributed by atoms with Crippen LogP contribution in [0, 0.1) is 5.41 Å². The molecular weight excluding hydrogens is 450 g/mol. The second kappa shape index (κ2) is 9.34. The fraction of sp³-hybridized carbons (Fsp3) is 0.368. The van der Waals surface area contributed by atoms with Crippen LogP contribution in [-0.2, 0) is 14.3 Å². The van der Waals surface area contributed by atoms with Gasteiger partial charge in [0.25, 0.3) is 5.78 Å². The van der Waals surface area contributed by atoms with Gasteiger partial charge in [0, 0.05) is 15.8 Å². The van der Waals surface area contributed by atoms with E-state index in [2.05, 4.69) is 32.6 Å². The fourth-order valence-electron chi connectivity index (χ4n) is 2.28. The second-order valence-corrected chi connectivity index (χ2v) is 7.89. The summed E-state index contributed by atoms with van der Waals surface area (Å²) in [5, 5.41) is 5.15. The van der Waals surface area contributed by atoms with Gasteiger partial charge in [-0.15, -0.1) is 0 Å². The Morgan fingerprint density at radius 2 is 1.96 bits per heavy atom. The van der Waals surface area contributed by atoms with Crippen LogP contribution in [-0.4, -0.2) is 38.0 Å².